The maximum absolute atomic E-state index is 13.2. The smallest absolute Gasteiger partial charge is 0.235 e. The number of nitrogens with one attached hydrogen (secondary N) is 1. The Hall–Kier alpha value is -3.31. The Balaban J connectivity index is 1.43. The zero-order chi connectivity index (χ0) is 20.7. The third-order valence-corrected chi connectivity index (χ3v) is 6.13. The lowest BCUT2D eigenvalue weighted by atomic mass is 9.93. The Kier molecular flexibility index (Phi) is 4.48. The summed E-state index contributed by atoms with van der Waals surface area (Å²) in [6.45, 7) is 2.77. The summed E-state index contributed by atoms with van der Waals surface area (Å²) in [6.07, 6.45) is 1.65. The Morgan fingerprint density at radius 2 is 1.80 bits per heavy atom. The molecule has 5 heteroatoms. The van der Waals surface area contributed by atoms with Gasteiger partial charge in [-0.1, -0.05) is 36.4 Å². The second-order valence-electron chi connectivity index (χ2n) is 8.00. The summed E-state index contributed by atoms with van der Waals surface area (Å²) in [7, 11) is 0. The zero-order valence-corrected chi connectivity index (χ0v) is 16.9. The summed E-state index contributed by atoms with van der Waals surface area (Å²) >= 11 is 0. The molecule has 0 spiro atoms. The Morgan fingerprint density at radius 1 is 1.00 bits per heavy atom. The highest BCUT2D eigenvalue weighted by atomic mass is 16.7. The topological polar surface area (TPSA) is 73.6 Å². The second-order valence-corrected chi connectivity index (χ2v) is 8.00. The molecule has 3 aromatic carbocycles. The lowest BCUT2D eigenvalue weighted by molar-refractivity contribution is -0.118. The van der Waals surface area contributed by atoms with E-state index in [0.717, 1.165) is 52.1 Å². The highest BCUT2D eigenvalue weighted by Crippen LogP contribution is 2.51. The summed E-state index contributed by atoms with van der Waals surface area (Å²) in [4.78, 5) is 13.2. The van der Waals surface area contributed by atoms with E-state index in [1.54, 1.807) is 0 Å². The molecule has 0 unspecified atom stereocenters. The molecule has 30 heavy (non-hydrogen) atoms. The Labute approximate surface area is 175 Å². The van der Waals surface area contributed by atoms with Crippen LogP contribution in [0.1, 0.15) is 29.5 Å². The highest BCUT2D eigenvalue weighted by molar-refractivity contribution is 6.02. The quantitative estimate of drug-likeness (QED) is 0.660. The summed E-state index contributed by atoms with van der Waals surface area (Å²) in [5.74, 6) is 1.46. The summed E-state index contributed by atoms with van der Waals surface area (Å²) in [5.41, 5.74) is 11.6. The number of amides is 1. The third-order valence-electron chi connectivity index (χ3n) is 6.13. The lowest BCUT2D eigenvalue weighted by Gasteiger charge is -2.18. The van der Waals surface area contributed by atoms with Crippen LogP contribution in [-0.4, -0.2) is 12.7 Å². The molecule has 5 rings (SSSR count). The number of nitrogens with two attached hydrogens (primary N) is 1. The Morgan fingerprint density at radius 3 is 2.60 bits per heavy atom. The average Bonchev–Trinajstić information content (AvgIpc) is 3.46. The van der Waals surface area contributed by atoms with Gasteiger partial charge in [-0.05, 0) is 71.8 Å². The van der Waals surface area contributed by atoms with Crippen LogP contribution in [0.15, 0.2) is 60.7 Å². The molecule has 0 bridgehead atoms. The third kappa shape index (κ3) is 3.12. The van der Waals surface area contributed by atoms with Crippen molar-refractivity contribution in [2.24, 2.45) is 5.73 Å². The predicted octanol–water partition coefficient (Wildman–Crippen LogP) is 4.52. The maximum atomic E-state index is 13.2. The van der Waals surface area contributed by atoms with Crippen LogP contribution in [0.25, 0.3) is 11.1 Å². The van der Waals surface area contributed by atoms with Gasteiger partial charge in [0.15, 0.2) is 11.5 Å². The predicted molar refractivity (Wildman–Crippen MR) is 117 cm³/mol. The lowest BCUT2D eigenvalue weighted by Crippen LogP contribution is -2.27. The van der Waals surface area contributed by atoms with E-state index in [0.29, 0.717) is 12.3 Å². The number of hydrogen-bond donors (Lipinski definition) is 2. The maximum Gasteiger partial charge on any atom is 0.235 e. The SMILES string of the molecule is Cc1ccc(NC(=O)C2(c3ccc4c(c3)OCO4)CC2)cc1-c1ccccc1CN. The number of rotatable bonds is 5. The first-order chi connectivity index (χ1) is 14.6. The molecule has 1 saturated carbocycles. The van der Waals surface area contributed by atoms with Crippen molar-refractivity contribution in [3.05, 3.63) is 77.4 Å². The fourth-order valence-corrected chi connectivity index (χ4v) is 4.17. The zero-order valence-electron chi connectivity index (χ0n) is 16.9. The first kappa shape index (κ1) is 18.7. The molecule has 1 aliphatic carbocycles. The number of hydrogen-bond acceptors (Lipinski definition) is 4. The van der Waals surface area contributed by atoms with E-state index in [1.807, 2.05) is 54.6 Å². The molecular formula is C25H24N2O3. The molecule has 3 aromatic rings. The van der Waals surface area contributed by atoms with Gasteiger partial charge in [0.2, 0.25) is 12.7 Å². The molecular weight excluding hydrogens is 376 g/mol. The first-order valence-corrected chi connectivity index (χ1v) is 10.2. The molecule has 1 heterocycles. The number of carbonyl (C=O) groups excluding carboxylic acids is 1. The van der Waals surface area contributed by atoms with Gasteiger partial charge in [-0.15, -0.1) is 0 Å². The second kappa shape index (κ2) is 7.18. The number of fused-ring (bicyclic) bond motifs is 1. The molecule has 0 saturated heterocycles. The molecule has 152 valence electrons. The van der Waals surface area contributed by atoms with Gasteiger partial charge in [0.25, 0.3) is 0 Å². The molecule has 1 aliphatic heterocycles. The molecule has 0 radical (unpaired) electrons. The standard InChI is InChI=1S/C25H24N2O3/c1-16-6-8-19(13-21(16)20-5-3-2-4-17(20)14-26)27-24(28)25(10-11-25)18-7-9-22-23(12-18)30-15-29-22/h2-9,12-13H,10-11,14-15,26H2,1H3,(H,27,28). The van der Waals surface area contributed by atoms with Crippen LogP contribution in [-0.2, 0) is 16.8 Å². The largest absolute Gasteiger partial charge is 0.454 e. The molecule has 1 amide bonds. The fraction of sp³-hybridized carbons (Fsp3) is 0.240. The Bertz CT molecular complexity index is 1130. The number of carbonyl (C=O) groups is 1. The van der Waals surface area contributed by atoms with Crippen molar-refractivity contribution in [2.45, 2.75) is 31.7 Å². The average molecular weight is 400 g/mol. The molecule has 2 aliphatic rings. The minimum Gasteiger partial charge on any atom is -0.454 e. The van der Waals surface area contributed by atoms with Crippen LogP contribution in [0.4, 0.5) is 5.69 Å². The van der Waals surface area contributed by atoms with Crippen molar-refractivity contribution in [3.63, 3.8) is 0 Å². The minimum atomic E-state index is -0.499. The van der Waals surface area contributed by atoms with Gasteiger partial charge in [-0.2, -0.15) is 0 Å². The van der Waals surface area contributed by atoms with Gasteiger partial charge in [0.1, 0.15) is 0 Å². The number of benzene rings is 3. The van der Waals surface area contributed by atoms with Gasteiger partial charge >= 0.3 is 0 Å². The fourth-order valence-electron chi connectivity index (χ4n) is 4.17. The van der Waals surface area contributed by atoms with Crippen LogP contribution < -0.4 is 20.5 Å². The number of aryl methyl sites for hydroxylation is 1. The summed E-state index contributed by atoms with van der Waals surface area (Å²) in [5, 5.41) is 3.14. The van der Waals surface area contributed by atoms with Crippen LogP contribution >= 0.6 is 0 Å². The van der Waals surface area contributed by atoms with E-state index >= 15 is 0 Å². The first-order valence-electron chi connectivity index (χ1n) is 10.2. The van der Waals surface area contributed by atoms with Crippen LogP contribution in [0.5, 0.6) is 11.5 Å². The summed E-state index contributed by atoms with van der Waals surface area (Å²) in [6, 6.07) is 20.0. The van der Waals surface area contributed by atoms with E-state index in [-0.39, 0.29) is 12.7 Å². The van der Waals surface area contributed by atoms with Gasteiger partial charge in [0, 0.05) is 12.2 Å². The highest BCUT2D eigenvalue weighted by Gasteiger charge is 2.51. The minimum absolute atomic E-state index is 0.0169. The van der Waals surface area contributed by atoms with Gasteiger partial charge in [-0.3, -0.25) is 4.79 Å². The van der Waals surface area contributed by atoms with E-state index in [9.17, 15) is 4.79 Å². The molecule has 1 fully saturated rings. The van der Waals surface area contributed by atoms with Gasteiger partial charge in [-0.25, -0.2) is 0 Å². The van der Waals surface area contributed by atoms with Gasteiger partial charge in [0.05, 0.1) is 5.41 Å². The van der Waals surface area contributed by atoms with Crippen LogP contribution in [0, 0.1) is 6.92 Å². The van der Waals surface area contributed by atoms with E-state index in [1.165, 1.54) is 0 Å². The van der Waals surface area contributed by atoms with Crippen molar-refractivity contribution in [3.8, 4) is 22.6 Å². The van der Waals surface area contributed by atoms with Crippen molar-refractivity contribution >= 4 is 11.6 Å². The van der Waals surface area contributed by atoms with Crippen LogP contribution in [0.3, 0.4) is 0 Å². The normalized spacial score (nSPS) is 15.7. The molecule has 0 atom stereocenters. The van der Waals surface area contributed by atoms with Crippen LogP contribution in [0.2, 0.25) is 0 Å². The van der Waals surface area contributed by atoms with E-state index in [4.69, 9.17) is 15.2 Å². The number of ether oxygens (including phenoxy) is 2. The van der Waals surface area contributed by atoms with E-state index in [2.05, 4.69) is 18.3 Å². The van der Waals surface area contributed by atoms with Crippen molar-refractivity contribution < 1.29 is 14.3 Å². The van der Waals surface area contributed by atoms with Gasteiger partial charge < -0.3 is 20.5 Å². The molecule has 5 nitrogen and oxygen atoms in total. The van der Waals surface area contributed by atoms with Crippen molar-refractivity contribution in [1.29, 1.82) is 0 Å². The number of anilines is 1. The molecule has 0 aromatic heterocycles. The van der Waals surface area contributed by atoms with E-state index < -0.39 is 5.41 Å². The van der Waals surface area contributed by atoms with Crippen molar-refractivity contribution in [2.75, 3.05) is 12.1 Å². The molecule has 3 N–H and O–H groups in total. The van der Waals surface area contributed by atoms with Crippen molar-refractivity contribution in [1.82, 2.24) is 0 Å². The summed E-state index contributed by atoms with van der Waals surface area (Å²) < 4.78 is 10.9. The monoisotopic (exact) mass is 400 g/mol.